The van der Waals surface area contributed by atoms with Gasteiger partial charge in [0.05, 0.1) is 0 Å². The number of likely N-dealkylation sites (tertiary alicyclic amines) is 1. The molecular formula is C29H43F2N3O2. The van der Waals surface area contributed by atoms with E-state index in [0.29, 0.717) is 18.0 Å². The lowest BCUT2D eigenvalue weighted by Crippen LogP contribution is -2.32. The molecule has 1 aliphatic rings. The molecule has 2 aromatic carbocycles. The normalized spacial score (nSPS) is 13.1. The van der Waals surface area contributed by atoms with Crippen LogP contribution in [0.15, 0.2) is 42.5 Å². The predicted octanol–water partition coefficient (Wildman–Crippen LogP) is 5.52. The summed E-state index contributed by atoms with van der Waals surface area (Å²) in [5.41, 5.74) is 3.94. The third kappa shape index (κ3) is 11.8. The van der Waals surface area contributed by atoms with Gasteiger partial charge in [-0.25, -0.2) is 8.78 Å². The van der Waals surface area contributed by atoms with E-state index < -0.39 is 6.67 Å². The Kier molecular flexibility index (Phi) is 16.0. The van der Waals surface area contributed by atoms with Gasteiger partial charge in [-0.1, -0.05) is 50.1 Å². The number of carbonyl (C=O) groups is 2. The van der Waals surface area contributed by atoms with E-state index in [1.54, 1.807) is 6.07 Å². The molecule has 0 unspecified atom stereocenters. The number of alkyl halides is 1. The molecule has 200 valence electrons. The molecule has 1 heterocycles. The standard InChI is InChI=1S/C15H20N2O2.C12H16F2.C2H7N/c1-12(19)16-10-14-4-2-3-5-15(14)13-6-8-17(11-18)9-7-13;1-2-3-4-5-10-6-7-12(14)8-11(10)9-13;1-3-2/h2-5,11,13H,6-10H2,1H3,(H,16,19);6-8H,2-5,9H2,1H3;3H,1-2H3. The maximum atomic E-state index is 12.8. The summed E-state index contributed by atoms with van der Waals surface area (Å²) < 4.78 is 25.3. The summed E-state index contributed by atoms with van der Waals surface area (Å²) in [7, 11) is 3.75. The Labute approximate surface area is 215 Å². The first kappa shape index (κ1) is 31.2. The zero-order chi connectivity index (χ0) is 26.8. The summed E-state index contributed by atoms with van der Waals surface area (Å²) in [6.07, 6.45) is 7.11. The van der Waals surface area contributed by atoms with E-state index in [-0.39, 0.29) is 11.7 Å². The van der Waals surface area contributed by atoms with Gasteiger partial charge in [0.1, 0.15) is 12.5 Å². The Morgan fingerprint density at radius 3 is 2.31 bits per heavy atom. The number of amides is 2. The van der Waals surface area contributed by atoms with Crippen molar-refractivity contribution in [2.75, 3.05) is 27.2 Å². The number of carbonyl (C=O) groups excluding carboxylic acids is 2. The van der Waals surface area contributed by atoms with Crippen LogP contribution in [0.3, 0.4) is 0 Å². The molecule has 0 saturated carbocycles. The molecule has 3 rings (SSSR count). The number of halogens is 2. The molecule has 2 N–H and O–H groups in total. The lowest BCUT2D eigenvalue weighted by molar-refractivity contribution is -0.120. The topological polar surface area (TPSA) is 61.4 Å². The van der Waals surface area contributed by atoms with E-state index >= 15 is 0 Å². The molecule has 1 fully saturated rings. The van der Waals surface area contributed by atoms with E-state index in [2.05, 4.69) is 29.7 Å². The second-order valence-corrected chi connectivity index (χ2v) is 9.03. The molecule has 0 aliphatic carbocycles. The van der Waals surface area contributed by atoms with Crippen LogP contribution in [0.25, 0.3) is 0 Å². The van der Waals surface area contributed by atoms with Crippen LogP contribution in [0, 0.1) is 5.82 Å². The fourth-order valence-corrected chi connectivity index (χ4v) is 4.16. The molecule has 0 spiro atoms. The quantitative estimate of drug-likeness (QED) is 0.350. The predicted molar refractivity (Wildman–Crippen MR) is 143 cm³/mol. The van der Waals surface area contributed by atoms with Crippen LogP contribution < -0.4 is 10.6 Å². The molecule has 1 saturated heterocycles. The molecule has 0 radical (unpaired) electrons. The largest absolute Gasteiger partial charge is 0.352 e. The fourth-order valence-electron chi connectivity index (χ4n) is 4.16. The third-order valence-electron chi connectivity index (χ3n) is 6.06. The summed E-state index contributed by atoms with van der Waals surface area (Å²) in [5.74, 6) is 0.128. The van der Waals surface area contributed by atoms with Crippen LogP contribution in [0.5, 0.6) is 0 Å². The summed E-state index contributed by atoms with van der Waals surface area (Å²) in [4.78, 5) is 23.6. The van der Waals surface area contributed by atoms with Crippen molar-refractivity contribution in [3.63, 3.8) is 0 Å². The van der Waals surface area contributed by atoms with Crippen LogP contribution in [0.4, 0.5) is 8.78 Å². The number of nitrogens with one attached hydrogen (secondary N) is 2. The highest BCUT2D eigenvalue weighted by Crippen LogP contribution is 2.30. The summed E-state index contributed by atoms with van der Waals surface area (Å²) in [6.45, 7) is 5.32. The first-order valence-corrected chi connectivity index (χ1v) is 12.8. The number of unbranched alkanes of at least 4 members (excludes halogenated alkanes) is 2. The van der Waals surface area contributed by atoms with Crippen LogP contribution >= 0.6 is 0 Å². The number of piperidine rings is 1. The molecule has 0 atom stereocenters. The molecule has 2 amide bonds. The highest BCUT2D eigenvalue weighted by Gasteiger charge is 2.21. The number of aryl methyl sites for hydroxylation is 1. The van der Waals surface area contributed by atoms with E-state index in [1.165, 1.54) is 30.2 Å². The van der Waals surface area contributed by atoms with Crippen LogP contribution in [0.1, 0.15) is 74.1 Å². The Morgan fingerprint density at radius 1 is 1.06 bits per heavy atom. The fraction of sp³-hybridized carbons (Fsp3) is 0.517. The van der Waals surface area contributed by atoms with E-state index in [9.17, 15) is 18.4 Å². The summed E-state index contributed by atoms with van der Waals surface area (Å²) in [6, 6.07) is 12.6. The minimum atomic E-state index is -0.570. The first-order chi connectivity index (χ1) is 17.4. The second kappa shape index (κ2) is 18.5. The Hall–Kier alpha value is -2.80. The Balaban J connectivity index is 0.000000337. The Morgan fingerprint density at radius 2 is 1.72 bits per heavy atom. The molecular weight excluding hydrogens is 460 g/mol. The average Bonchev–Trinajstić information content (AvgIpc) is 2.89. The van der Waals surface area contributed by atoms with E-state index in [1.807, 2.05) is 31.1 Å². The SMILES string of the molecule is CC(=O)NCc1ccccc1C1CCN(C=O)CC1.CCCCCc1ccc(F)cc1CF.CNC. The van der Waals surface area contributed by atoms with Gasteiger partial charge in [-0.05, 0) is 80.1 Å². The maximum Gasteiger partial charge on any atom is 0.217 e. The van der Waals surface area contributed by atoms with Gasteiger partial charge in [-0.2, -0.15) is 0 Å². The molecule has 2 aromatic rings. The molecule has 36 heavy (non-hydrogen) atoms. The number of nitrogens with zero attached hydrogens (tertiary/aromatic N) is 1. The molecule has 0 aromatic heterocycles. The van der Waals surface area contributed by atoms with Crippen molar-refractivity contribution in [1.82, 2.24) is 15.5 Å². The van der Waals surface area contributed by atoms with E-state index in [4.69, 9.17) is 0 Å². The van der Waals surface area contributed by atoms with Gasteiger partial charge < -0.3 is 15.5 Å². The van der Waals surface area contributed by atoms with Gasteiger partial charge in [0.2, 0.25) is 12.3 Å². The van der Waals surface area contributed by atoms with Gasteiger partial charge in [-0.3, -0.25) is 9.59 Å². The zero-order valence-corrected chi connectivity index (χ0v) is 22.3. The summed E-state index contributed by atoms with van der Waals surface area (Å²) >= 11 is 0. The van der Waals surface area contributed by atoms with Crippen molar-refractivity contribution in [3.8, 4) is 0 Å². The van der Waals surface area contributed by atoms with Gasteiger partial charge >= 0.3 is 0 Å². The van der Waals surface area contributed by atoms with Gasteiger partial charge in [0.25, 0.3) is 0 Å². The van der Waals surface area contributed by atoms with Crippen molar-refractivity contribution in [2.45, 2.75) is 71.5 Å². The zero-order valence-electron chi connectivity index (χ0n) is 22.3. The van der Waals surface area contributed by atoms with Crippen molar-refractivity contribution in [3.05, 3.63) is 70.5 Å². The molecule has 1 aliphatic heterocycles. The van der Waals surface area contributed by atoms with Crippen LogP contribution in [-0.4, -0.2) is 44.4 Å². The lowest BCUT2D eigenvalue weighted by atomic mass is 9.86. The van der Waals surface area contributed by atoms with Gasteiger partial charge in [-0.15, -0.1) is 0 Å². The molecule has 5 nitrogen and oxygen atoms in total. The number of hydrogen-bond acceptors (Lipinski definition) is 3. The first-order valence-electron chi connectivity index (χ1n) is 12.8. The highest BCUT2D eigenvalue weighted by molar-refractivity contribution is 5.72. The van der Waals surface area contributed by atoms with Crippen molar-refractivity contribution in [1.29, 1.82) is 0 Å². The van der Waals surface area contributed by atoms with Crippen molar-refractivity contribution < 1.29 is 18.4 Å². The Bertz CT molecular complexity index is 900. The van der Waals surface area contributed by atoms with Crippen LogP contribution in [0.2, 0.25) is 0 Å². The minimum absolute atomic E-state index is 0.00872. The third-order valence-corrected chi connectivity index (χ3v) is 6.06. The highest BCUT2D eigenvalue weighted by atomic mass is 19.1. The molecule has 7 heteroatoms. The molecule has 0 bridgehead atoms. The van der Waals surface area contributed by atoms with Gasteiger partial charge in [0, 0.05) is 26.6 Å². The van der Waals surface area contributed by atoms with Crippen molar-refractivity contribution in [2.24, 2.45) is 0 Å². The smallest absolute Gasteiger partial charge is 0.217 e. The summed E-state index contributed by atoms with van der Waals surface area (Å²) in [5, 5.41) is 5.61. The number of benzene rings is 2. The number of rotatable bonds is 9. The minimum Gasteiger partial charge on any atom is -0.352 e. The monoisotopic (exact) mass is 503 g/mol. The lowest BCUT2D eigenvalue weighted by Gasteiger charge is -2.30. The van der Waals surface area contributed by atoms with E-state index in [0.717, 1.165) is 63.6 Å². The van der Waals surface area contributed by atoms with Gasteiger partial charge in [0.15, 0.2) is 0 Å². The number of hydrogen-bond donors (Lipinski definition) is 2. The van der Waals surface area contributed by atoms with Crippen molar-refractivity contribution >= 4 is 12.3 Å². The second-order valence-electron chi connectivity index (χ2n) is 9.03. The van der Waals surface area contributed by atoms with Crippen LogP contribution in [-0.2, 0) is 29.2 Å². The average molecular weight is 504 g/mol. The maximum absolute atomic E-state index is 12.8.